The molecule has 3 aromatic rings. The molecule has 0 radical (unpaired) electrons. The summed E-state index contributed by atoms with van der Waals surface area (Å²) in [6.07, 6.45) is 0. The van der Waals surface area contributed by atoms with Crippen molar-refractivity contribution in [3.05, 3.63) is 84.4 Å². The normalized spacial score (nSPS) is 9.71. The third-order valence-electron chi connectivity index (χ3n) is 3.60. The lowest BCUT2D eigenvalue weighted by Crippen LogP contribution is -1.93. The van der Waals surface area contributed by atoms with E-state index >= 15 is 0 Å². The summed E-state index contributed by atoms with van der Waals surface area (Å²) in [7, 11) is 1.65. The first-order valence-electron chi connectivity index (χ1n) is 7.76. The van der Waals surface area contributed by atoms with E-state index in [4.69, 9.17) is 9.47 Å². The SMILES string of the molecule is COc1ccc(C#CCOc2ccc(-c3ccccc3)cc2)cc1. The first kappa shape index (κ1) is 15.7. The van der Waals surface area contributed by atoms with E-state index in [1.807, 2.05) is 54.6 Å². The molecule has 0 heterocycles. The van der Waals surface area contributed by atoms with E-state index in [9.17, 15) is 0 Å². The van der Waals surface area contributed by atoms with Crippen LogP contribution in [0.5, 0.6) is 11.5 Å². The number of hydrogen-bond donors (Lipinski definition) is 0. The van der Waals surface area contributed by atoms with Crippen LogP contribution in [0.15, 0.2) is 78.9 Å². The maximum absolute atomic E-state index is 5.67. The van der Waals surface area contributed by atoms with Crippen LogP contribution in [-0.2, 0) is 0 Å². The van der Waals surface area contributed by atoms with E-state index in [0.717, 1.165) is 17.1 Å². The van der Waals surface area contributed by atoms with Gasteiger partial charge in [0.25, 0.3) is 0 Å². The maximum Gasteiger partial charge on any atom is 0.149 e. The lowest BCUT2D eigenvalue weighted by molar-refractivity contribution is 0.370. The van der Waals surface area contributed by atoms with Crippen LogP contribution in [0.25, 0.3) is 11.1 Å². The van der Waals surface area contributed by atoms with Crippen molar-refractivity contribution in [2.45, 2.75) is 0 Å². The molecule has 0 aliphatic heterocycles. The van der Waals surface area contributed by atoms with Gasteiger partial charge in [-0.1, -0.05) is 54.3 Å². The Bertz CT molecular complexity index is 823. The number of ether oxygens (including phenoxy) is 2. The van der Waals surface area contributed by atoms with Gasteiger partial charge in [-0.2, -0.15) is 0 Å². The van der Waals surface area contributed by atoms with Crippen molar-refractivity contribution in [1.29, 1.82) is 0 Å². The summed E-state index contributed by atoms with van der Waals surface area (Å²) in [4.78, 5) is 0. The molecule has 0 saturated carbocycles. The van der Waals surface area contributed by atoms with Crippen LogP contribution >= 0.6 is 0 Å². The Hall–Kier alpha value is -3.18. The minimum atomic E-state index is 0.358. The zero-order chi connectivity index (χ0) is 16.6. The predicted octanol–water partition coefficient (Wildman–Crippen LogP) is 4.79. The molecular weight excluding hydrogens is 296 g/mol. The highest BCUT2D eigenvalue weighted by Crippen LogP contribution is 2.21. The molecule has 0 aliphatic carbocycles. The van der Waals surface area contributed by atoms with Gasteiger partial charge in [-0.25, -0.2) is 0 Å². The lowest BCUT2D eigenvalue weighted by atomic mass is 10.1. The Labute approximate surface area is 142 Å². The van der Waals surface area contributed by atoms with Gasteiger partial charge in [0.1, 0.15) is 18.1 Å². The third-order valence-corrected chi connectivity index (χ3v) is 3.60. The van der Waals surface area contributed by atoms with E-state index in [0.29, 0.717) is 6.61 Å². The molecule has 2 heteroatoms. The second-order valence-corrected chi connectivity index (χ2v) is 5.21. The third kappa shape index (κ3) is 4.18. The number of methoxy groups -OCH3 is 1. The van der Waals surface area contributed by atoms with Crippen LogP contribution in [-0.4, -0.2) is 13.7 Å². The Morgan fingerprint density at radius 1 is 0.708 bits per heavy atom. The zero-order valence-corrected chi connectivity index (χ0v) is 13.5. The largest absolute Gasteiger partial charge is 0.497 e. The van der Waals surface area contributed by atoms with Gasteiger partial charge in [0.05, 0.1) is 7.11 Å². The molecule has 3 aromatic carbocycles. The van der Waals surface area contributed by atoms with Crippen molar-refractivity contribution in [2.75, 3.05) is 13.7 Å². The van der Waals surface area contributed by atoms with Gasteiger partial charge in [0.2, 0.25) is 0 Å². The van der Waals surface area contributed by atoms with Crippen molar-refractivity contribution < 1.29 is 9.47 Å². The Balaban J connectivity index is 1.56. The minimum absolute atomic E-state index is 0.358. The van der Waals surface area contributed by atoms with E-state index in [-0.39, 0.29) is 0 Å². The van der Waals surface area contributed by atoms with Crippen molar-refractivity contribution in [1.82, 2.24) is 0 Å². The lowest BCUT2D eigenvalue weighted by Gasteiger charge is -2.04. The second-order valence-electron chi connectivity index (χ2n) is 5.21. The van der Waals surface area contributed by atoms with Crippen LogP contribution in [0.4, 0.5) is 0 Å². The van der Waals surface area contributed by atoms with E-state index < -0.39 is 0 Å². The van der Waals surface area contributed by atoms with Crippen LogP contribution < -0.4 is 9.47 Å². The summed E-state index contributed by atoms with van der Waals surface area (Å²) in [6.45, 7) is 0.358. The predicted molar refractivity (Wildman–Crippen MR) is 97.2 cm³/mol. The molecule has 3 rings (SSSR count). The fourth-order valence-electron chi connectivity index (χ4n) is 2.31. The average molecular weight is 314 g/mol. The summed E-state index contributed by atoms with van der Waals surface area (Å²) in [5, 5.41) is 0. The van der Waals surface area contributed by atoms with Gasteiger partial charge in [-0.3, -0.25) is 0 Å². The van der Waals surface area contributed by atoms with Crippen LogP contribution in [0.3, 0.4) is 0 Å². The zero-order valence-electron chi connectivity index (χ0n) is 13.5. The molecule has 0 amide bonds. The second kappa shape index (κ2) is 7.89. The summed E-state index contributed by atoms with van der Waals surface area (Å²) < 4.78 is 10.8. The highest BCUT2D eigenvalue weighted by atomic mass is 16.5. The Morgan fingerprint density at radius 3 is 2.00 bits per heavy atom. The maximum atomic E-state index is 5.67. The van der Waals surface area contributed by atoms with Crippen LogP contribution in [0.1, 0.15) is 5.56 Å². The molecule has 0 aromatic heterocycles. The Kier molecular flexibility index (Phi) is 5.17. The van der Waals surface area contributed by atoms with Gasteiger partial charge in [-0.05, 0) is 47.5 Å². The molecule has 0 bridgehead atoms. The highest BCUT2D eigenvalue weighted by molar-refractivity contribution is 5.63. The van der Waals surface area contributed by atoms with Crippen LogP contribution in [0.2, 0.25) is 0 Å². The topological polar surface area (TPSA) is 18.5 Å². The number of benzene rings is 3. The summed E-state index contributed by atoms with van der Waals surface area (Å²) in [6, 6.07) is 26.0. The van der Waals surface area contributed by atoms with Gasteiger partial charge in [0.15, 0.2) is 0 Å². The first-order chi connectivity index (χ1) is 11.8. The molecule has 0 spiro atoms. The summed E-state index contributed by atoms with van der Waals surface area (Å²) in [5.74, 6) is 7.74. The van der Waals surface area contributed by atoms with Gasteiger partial charge in [-0.15, -0.1) is 0 Å². The van der Waals surface area contributed by atoms with E-state index in [1.165, 1.54) is 11.1 Å². The van der Waals surface area contributed by atoms with Gasteiger partial charge < -0.3 is 9.47 Å². The standard InChI is InChI=1S/C22H18O2/c1-23-21-13-9-18(10-14-21)6-5-17-24-22-15-11-20(12-16-22)19-7-3-2-4-8-19/h2-4,7-16H,17H2,1H3. The molecule has 2 nitrogen and oxygen atoms in total. The smallest absolute Gasteiger partial charge is 0.149 e. The Morgan fingerprint density at radius 2 is 1.33 bits per heavy atom. The van der Waals surface area contributed by atoms with Gasteiger partial charge in [0, 0.05) is 5.56 Å². The van der Waals surface area contributed by atoms with Gasteiger partial charge >= 0.3 is 0 Å². The molecule has 0 fully saturated rings. The van der Waals surface area contributed by atoms with E-state index in [2.05, 4.69) is 36.1 Å². The van der Waals surface area contributed by atoms with Crippen molar-refractivity contribution >= 4 is 0 Å². The molecule has 0 N–H and O–H groups in total. The molecule has 118 valence electrons. The van der Waals surface area contributed by atoms with Crippen molar-refractivity contribution in [3.63, 3.8) is 0 Å². The molecule has 24 heavy (non-hydrogen) atoms. The molecular formula is C22H18O2. The highest BCUT2D eigenvalue weighted by Gasteiger charge is 1.97. The molecule has 0 aliphatic rings. The fraction of sp³-hybridized carbons (Fsp3) is 0.0909. The molecule has 0 unspecified atom stereocenters. The number of rotatable bonds is 4. The molecule has 0 atom stereocenters. The average Bonchev–Trinajstić information content (AvgIpc) is 2.67. The van der Waals surface area contributed by atoms with Crippen molar-refractivity contribution in [3.8, 4) is 34.5 Å². The fourth-order valence-corrected chi connectivity index (χ4v) is 2.31. The summed E-state index contributed by atoms with van der Waals surface area (Å²) >= 11 is 0. The number of hydrogen-bond acceptors (Lipinski definition) is 2. The summed E-state index contributed by atoms with van der Waals surface area (Å²) in [5.41, 5.74) is 3.31. The molecule has 0 saturated heterocycles. The van der Waals surface area contributed by atoms with Crippen LogP contribution in [0, 0.1) is 11.8 Å². The van der Waals surface area contributed by atoms with Crippen molar-refractivity contribution in [2.24, 2.45) is 0 Å². The first-order valence-corrected chi connectivity index (χ1v) is 7.76. The minimum Gasteiger partial charge on any atom is -0.497 e. The van der Waals surface area contributed by atoms with E-state index in [1.54, 1.807) is 7.11 Å². The quantitative estimate of drug-likeness (QED) is 0.644. The monoisotopic (exact) mass is 314 g/mol.